The van der Waals surface area contributed by atoms with Gasteiger partial charge in [0.15, 0.2) is 0 Å². The Morgan fingerprint density at radius 3 is 2.00 bits per heavy atom. The molecule has 0 heterocycles. The smallest absolute Gasteiger partial charge is 0.341 e. The molecule has 0 aliphatic heterocycles. The maximum atomic E-state index is 6.10. The lowest BCUT2D eigenvalue weighted by atomic mass is 10.0. The van der Waals surface area contributed by atoms with Crippen molar-refractivity contribution in [1.29, 1.82) is 0 Å². The van der Waals surface area contributed by atoms with Gasteiger partial charge in [-0.15, -0.1) is 0 Å². The van der Waals surface area contributed by atoms with Gasteiger partial charge >= 0.3 is 17.1 Å². The van der Waals surface area contributed by atoms with Crippen LogP contribution in [0.1, 0.15) is 57.7 Å². The van der Waals surface area contributed by atoms with E-state index >= 15 is 0 Å². The van der Waals surface area contributed by atoms with Crippen LogP contribution in [0.5, 0.6) is 0 Å². The topological polar surface area (TPSA) is 52.2 Å². The number of hydrogen-bond acceptors (Lipinski definition) is 6. The lowest BCUT2D eigenvalue weighted by molar-refractivity contribution is 0.188. The maximum Gasteiger partial charge on any atom is 0.341 e. The molecule has 1 aromatic carbocycles. The summed E-state index contributed by atoms with van der Waals surface area (Å²) in [6, 6.07) is 5.06. The fourth-order valence-electron chi connectivity index (χ4n) is 6.14. The SMILES string of the molecule is CCO[Si](C)(CCCNC[SiH2]CCc1c([SiH](C)C)cc(C(C)[Si](C)(OC)OC)c([SiH](C)C)c1N(CC)CC)OCC. The molecule has 1 atom stereocenters. The molecule has 1 unspecified atom stereocenters. The Labute approximate surface area is 262 Å². The van der Waals surface area contributed by atoms with Gasteiger partial charge in [0.25, 0.3) is 0 Å². The zero-order chi connectivity index (χ0) is 31.2. The van der Waals surface area contributed by atoms with E-state index in [0.29, 0.717) is 5.54 Å². The van der Waals surface area contributed by atoms with Gasteiger partial charge in [0.1, 0.15) is 0 Å². The second-order valence-electron chi connectivity index (χ2n) is 12.2. The second-order valence-corrected chi connectivity index (χ2v) is 27.0. The Kier molecular flexibility index (Phi) is 18.3. The van der Waals surface area contributed by atoms with Gasteiger partial charge in [-0.3, -0.25) is 0 Å². The first-order chi connectivity index (χ1) is 19.4. The first-order valence-corrected chi connectivity index (χ1v) is 29.1. The Morgan fingerprint density at radius 2 is 1.54 bits per heavy atom. The van der Waals surface area contributed by atoms with E-state index in [1.165, 1.54) is 24.2 Å². The molecule has 0 saturated carbocycles. The van der Waals surface area contributed by atoms with E-state index in [9.17, 15) is 0 Å². The van der Waals surface area contributed by atoms with Crippen molar-refractivity contribution in [2.24, 2.45) is 0 Å². The summed E-state index contributed by atoms with van der Waals surface area (Å²) >= 11 is 0. The summed E-state index contributed by atoms with van der Waals surface area (Å²) in [5.41, 5.74) is 5.10. The molecule has 1 rings (SSSR count). The molecule has 41 heavy (non-hydrogen) atoms. The van der Waals surface area contributed by atoms with E-state index in [-0.39, 0.29) is 9.52 Å². The molecule has 1 N–H and O–H groups in total. The van der Waals surface area contributed by atoms with Crippen molar-refractivity contribution in [3.05, 3.63) is 17.2 Å². The van der Waals surface area contributed by atoms with Gasteiger partial charge in [-0.2, -0.15) is 0 Å². The molecule has 1 aromatic rings. The van der Waals surface area contributed by atoms with Crippen LogP contribution in [0.2, 0.25) is 51.4 Å². The van der Waals surface area contributed by atoms with Crippen LogP contribution in [0.3, 0.4) is 0 Å². The largest absolute Gasteiger partial charge is 0.397 e. The molecule has 0 bridgehead atoms. The summed E-state index contributed by atoms with van der Waals surface area (Å²) in [5, 5.41) is 7.10. The van der Waals surface area contributed by atoms with Crippen LogP contribution < -0.4 is 20.6 Å². The summed E-state index contributed by atoms with van der Waals surface area (Å²) in [4.78, 5) is 2.67. The fraction of sp³-hybridized carbons (Fsp3) is 0.800. The molecule has 0 radical (unpaired) electrons. The van der Waals surface area contributed by atoms with E-state index in [0.717, 1.165) is 45.3 Å². The Morgan fingerprint density at radius 1 is 0.951 bits per heavy atom. The van der Waals surface area contributed by atoms with Crippen molar-refractivity contribution >= 4 is 60.3 Å². The molecule has 0 aromatic heterocycles. The summed E-state index contributed by atoms with van der Waals surface area (Å²) < 4.78 is 24.2. The highest BCUT2D eigenvalue weighted by Crippen LogP contribution is 2.31. The van der Waals surface area contributed by atoms with E-state index in [4.69, 9.17) is 17.7 Å². The van der Waals surface area contributed by atoms with Gasteiger partial charge in [0, 0.05) is 61.3 Å². The first-order valence-electron chi connectivity index (χ1n) is 16.4. The monoisotopic (exact) mass is 658 g/mol. The standard InChI is InChI=1S/C30H66N2O4Si5/c1-14-32(15-2)29-26(19-21-37-24-31-20-18-22-40(12,35-16-3)36-17-4)28(38(8)9)23-27(30(29)39(10)11)25(5)41(13,33-6)34-7/h23,25,31,38-39H,14-22,24,37H2,1-13H3. The van der Waals surface area contributed by atoms with Crippen molar-refractivity contribution in [2.75, 3.05) is 58.1 Å². The summed E-state index contributed by atoms with van der Waals surface area (Å²) in [6.45, 7) is 30.3. The normalized spacial score (nSPS) is 13.7. The number of nitrogens with zero attached hydrogens (tertiary/aromatic N) is 1. The zero-order valence-electron chi connectivity index (χ0n) is 29.2. The molecular weight excluding hydrogens is 593 g/mol. The van der Waals surface area contributed by atoms with Crippen molar-refractivity contribution in [3.8, 4) is 0 Å². The van der Waals surface area contributed by atoms with Crippen molar-refractivity contribution in [3.63, 3.8) is 0 Å². The highest BCUT2D eigenvalue weighted by atomic mass is 28.4. The van der Waals surface area contributed by atoms with Crippen LogP contribution in [-0.2, 0) is 24.1 Å². The Bertz CT molecular complexity index is 877. The van der Waals surface area contributed by atoms with Gasteiger partial charge in [0.2, 0.25) is 0 Å². The third-order valence-corrected chi connectivity index (χ3v) is 20.4. The van der Waals surface area contributed by atoms with E-state index in [2.05, 4.69) is 90.2 Å². The third kappa shape index (κ3) is 11.1. The maximum absolute atomic E-state index is 6.10. The third-order valence-electron chi connectivity index (χ3n) is 8.77. The quantitative estimate of drug-likeness (QED) is 0.149. The molecule has 0 spiro atoms. The second kappa shape index (κ2) is 19.3. The molecule has 240 valence electrons. The van der Waals surface area contributed by atoms with E-state index < -0.39 is 34.7 Å². The molecular formula is C30H66N2O4Si5. The predicted molar refractivity (Wildman–Crippen MR) is 195 cm³/mol. The fourth-order valence-corrected chi connectivity index (χ4v) is 15.1. The van der Waals surface area contributed by atoms with Crippen LogP contribution in [0.4, 0.5) is 5.69 Å². The molecule has 0 amide bonds. The summed E-state index contributed by atoms with van der Waals surface area (Å²) in [6.07, 6.45) is 3.58. The van der Waals surface area contributed by atoms with Crippen LogP contribution in [0, 0.1) is 0 Å². The number of rotatable bonds is 22. The molecule has 0 saturated heterocycles. The van der Waals surface area contributed by atoms with Crippen LogP contribution in [0.25, 0.3) is 0 Å². The minimum Gasteiger partial charge on any atom is -0.397 e. The average molecular weight is 659 g/mol. The van der Waals surface area contributed by atoms with E-state index in [1.54, 1.807) is 21.6 Å². The highest BCUT2D eigenvalue weighted by molar-refractivity contribution is 6.76. The summed E-state index contributed by atoms with van der Waals surface area (Å²) in [7, 11) is -3.02. The predicted octanol–water partition coefficient (Wildman–Crippen LogP) is 4.14. The summed E-state index contributed by atoms with van der Waals surface area (Å²) in [5.74, 6) is 0. The van der Waals surface area contributed by atoms with Gasteiger partial charge in [-0.05, 0) is 88.7 Å². The van der Waals surface area contributed by atoms with Gasteiger partial charge in [0.05, 0.1) is 17.6 Å². The molecule has 0 fully saturated rings. The van der Waals surface area contributed by atoms with Crippen molar-refractivity contribution in [2.45, 2.75) is 104 Å². The molecule has 6 nitrogen and oxygen atoms in total. The van der Waals surface area contributed by atoms with Crippen molar-refractivity contribution in [1.82, 2.24) is 5.32 Å². The average Bonchev–Trinajstić information content (AvgIpc) is 2.94. The highest BCUT2D eigenvalue weighted by Gasteiger charge is 2.40. The van der Waals surface area contributed by atoms with Crippen molar-refractivity contribution < 1.29 is 17.7 Å². The molecule has 11 heteroatoms. The molecule has 0 aliphatic rings. The van der Waals surface area contributed by atoms with Crippen LogP contribution in [-0.4, -0.2) is 97.5 Å². The number of benzene rings is 1. The number of nitrogens with one attached hydrogen (secondary N) is 1. The lowest BCUT2D eigenvalue weighted by Crippen LogP contribution is -2.48. The van der Waals surface area contributed by atoms with Gasteiger partial charge in [-0.25, -0.2) is 0 Å². The lowest BCUT2D eigenvalue weighted by Gasteiger charge is -2.37. The minimum atomic E-state index is -2.34. The van der Waals surface area contributed by atoms with Gasteiger partial charge < -0.3 is 27.9 Å². The van der Waals surface area contributed by atoms with Gasteiger partial charge in [-0.1, -0.05) is 50.4 Å². The first kappa shape index (κ1) is 38.9. The molecule has 0 aliphatic carbocycles. The Hall–Kier alpha value is -0.0956. The van der Waals surface area contributed by atoms with Crippen LogP contribution in [0.15, 0.2) is 6.07 Å². The minimum absolute atomic E-state index is 0.182. The van der Waals surface area contributed by atoms with E-state index in [1.807, 2.05) is 14.2 Å². The number of anilines is 1. The Balaban J connectivity index is 3.20. The number of hydrogen-bond donors (Lipinski definition) is 1. The zero-order valence-corrected chi connectivity index (χ0v) is 34.9. The van der Waals surface area contributed by atoms with Crippen LogP contribution >= 0.6 is 0 Å².